The van der Waals surface area contributed by atoms with E-state index in [-0.39, 0.29) is 24.1 Å². The molecule has 0 radical (unpaired) electrons. The molecule has 1 aliphatic rings. The number of methoxy groups -OCH3 is 1. The maximum Gasteiger partial charge on any atom is 0.433 e. The van der Waals surface area contributed by atoms with Gasteiger partial charge in [-0.15, -0.1) is 0 Å². The van der Waals surface area contributed by atoms with Gasteiger partial charge in [-0.1, -0.05) is 20.8 Å². The van der Waals surface area contributed by atoms with E-state index in [2.05, 4.69) is 10.1 Å². The van der Waals surface area contributed by atoms with Crippen LogP contribution < -0.4 is 0 Å². The SMILES string of the molecule is COCC(=O)N1CCCC(c2cc(C(F)(F)F)n3nc(C(C)(C)C)cc3n2)C1. The predicted octanol–water partition coefficient (Wildman–Crippen LogP) is 3.40. The van der Waals surface area contributed by atoms with Crippen molar-refractivity contribution in [2.75, 3.05) is 26.8 Å². The van der Waals surface area contributed by atoms with Gasteiger partial charge in [0.1, 0.15) is 12.3 Å². The highest BCUT2D eigenvalue weighted by molar-refractivity contribution is 5.77. The molecular weight excluding hydrogens is 373 g/mol. The van der Waals surface area contributed by atoms with Crippen LogP contribution in [-0.4, -0.2) is 52.2 Å². The molecule has 1 atom stereocenters. The number of nitrogens with zero attached hydrogens (tertiary/aromatic N) is 4. The maximum absolute atomic E-state index is 13.7. The number of carbonyl (C=O) groups excluding carboxylic acids is 1. The molecule has 0 N–H and O–H groups in total. The van der Waals surface area contributed by atoms with Crippen molar-refractivity contribution in [3.05, 3.63) is 29.2 Å². The Morgan fingerprint density at radius 1 is 1.29 bits per heavy atom. The molecule has 1 aliphatic heterocycles. The highest BCUT2D eigenvalue weighted by Gasteiger charge is 2.37. The second-order valence-corrected chi connectivity index (χ2v) is 8.23. The number of fused-ring (bicyclic) bond motifs is 1. The molecule has 1 amide bonds. The first-order valence-electron chi connectivity index (χ1n) is 9.26. The number of hydrogen-bond acceptors (Lipinski definition) is 4. The molecule has 0 spiro atoms. The van der Waals surface area contributed by atoms with Gasteiger partial charge in [0.15, 0.2) is 5.65 Å². The Bertz CT molecular complexity index is 870. The molecule has 2 aromatic rings. The Kier molecular flexibility index (Phi) is 5.40. The standard InChI is InChI=1S/C19H25F3N4O2/c1-18(2,3)14-9-16-23-13(8-15(19(20,21)22)26(16)24-14)12-6-5-7-25(10-12)17(27)11-28-4/h8-9,12H,5-7,10-11H2,1-4H3. The Hall–Kier alpha value is -2.16. The topological polar surface area (TPSA) is 59.7 Å². The van der Waals surface area contributed by atoms with Gasteiger partial charge in [0.25, 0.3) is 0 Å². The molecule has 3 rings (SSSR count). The highest BCUT2D eigenvalue weighted by Crippen LogP contribution is 2.34. The number of amides is 1. The number of aromatic nitrogens is 3. The quantitative estimate of drug-likeness (QED) is 0.795. The van der Waals surface area contributed by atoms with Gasteiger partial charge in [-0.2, -0.15) is 18.3 Å². The fourth-order valence-electron chi connectivity index (χ4n) is 3.43. The number of rotatable bonds is 3. The summed E-state index contributed by atoms with van der Waals surface area (Å²) in [6, 6.07) is 2.68. The van der Waals surface area contributed by atoms with Crippen molar-refractivity contribution in [1.82, 2.24) is 19.5 Å². The number of halogens is 3. The lowest BCUT2D eigenvalue weighted by atomic mass is 9.92. The van der Waals surface area contributed by atoms with Crippen LogP contribution in [0.5, 0.6) is 0 Å². The summed E-state index contributed by atoms with van der Waals surface area (Å²) in [5.74, 6) is -0.419. The Balaban J connectivity index is 2.02. The summed E-state index contributed by atoms with van der Waals surface area (Å²) < 4.78 is 46.9. The predicted molar refractivity (Wildman–Crippen MR) is 97.1 cm³/mol. The molecule has 154 valence electrons. The van der Waals surface area contributed by atoms with Crippen LogP contribution in [-0.2, 0) is 21.1 Å². The minimum Gasteiger partial charge on any atom is -0.375 e. The molecule has 0 bridgehead atoms. The zero-order valence-electron chi connectivity index (χ0n) is 16.5. The third-order valence-corrected chi connectivity index (χ3v) is 4.97. The van der Waals surface area contributed by atoms with Crippen LogP contribution in [0.4, 0.5) is 13.2 Å². The molecule has 1 fully saturated rings. The number of alkyl halides is 3. The first-order chi connectivity index (χ1) is 13.0. The summed E-state index contributed by atoms with van der Waals surface area (Å²) >= 11 is 0. The Morgan fingerprint density at radius 2 is 2.00 bits per heavy atom. The fourth-order valence-corrected chi connectivity index (χ4v) is 3.43. The first kappa shape index (κ1) is 20.6. The van der Waals surface area contributed by atoms with Gasteiger partial charge in [-0.05, 0) is 18.9 Å². The van der Waals surface area contributed by atoms with Gasteiger partial charge < -0.3 is 9.64 Å². The summed E-state index contributed by atoms with van der Waals surface area (Å²) in [6.07, 6.45) is -3.17. The molecule has 0 saturated carbocycles. The van der Waals surface area contributed by atoms with Crippen LogP contribution in [0.1, 0.15) is 56.6 Å². The molecule has 1 unspecified atom stereocenters. The van der Waals surface area contributed by atoms with Crippen LogP contribution in [0.3, 0.4) is 0 Å². The van der Waals surface area contributed by atoms with E-state index >= 15 is 0 Å². The third-order valence-electron chi connectivity index (χ3n) is 4.97. The van der Waals surface area contributed by atoms with Crippen molar-refractivity contribution < 1.29 is 22.7 Å². The first-order valence-corrected chi connectivity index (χ1v) is 9.26. The Labute approximate surface area is 161 Å². The molecule has 3 heterocycles. The molecule has 1 saturated heterocycles. The monoisotopic (exact) mass is 398 g/mol. The van der Waals surface area contributed by atoms with Crippen molar-refractivity contribution in [3.63, 3.8) is 0 Å². The van der Waals surface area contributed by atoms with Gasteiger partial charge in [0.2, 0.25) is 5.91 Å². The number of ether oxygens (including phenoxy) is 1. The van der Waals surface area contributed by atoms with Crippen molar-refractivity contribution >= 4 is 11.6 Å². The van der Waals surface area contributed by atoms with E-state index < -0.39 is 17.3 Å². The average molecular weight is 398 g/mol. The van der Waals surface area contributed by atoms with Gasteiger partial charge in [0, 0.05) is 43.3 Å². The summed E-state index contributed by atoms with van der Waals surface area (Å²) in [6.45, 7) is 6.55. The van der Waals surface area contributed by atoms with E-state index in [9.17, 15) is 18.0 Å². The smallest absolute Gasteiger partial charge is 0.375 e. The molecule has 2 aromatic heterocycles. The van der Waals surface area contributed by atoms with Crippen molar-refractivity contribution in [2.24, 2.45) is 0 Å². The van der Waals surface area contributed by atoms with Gasteiger partial charge in [-0.3, -0.25) is 4.79 Å². The molecule has 0 aliphatic carbocycles. The summed E-state index contributed by atoms with van der Waals surface area (Å²) in [7, 11) is 1.44. The van der Waals surface area contributed by atoms with Gasteiger partial charge in [-0.25, -0.2) is 9.50 Å². The lowest BCUT2D eigenvalue weighted by Gasteiger charge is -2.32. The van der Waals surface area contributed by atoms with Gasteiger partial charge in [0.05, 0.1) is 5.69 Å². The van der Waals surface area contributed by atoms with E-state index in [0.717, 1.165) is 10.6 Å². The van der Waals surface area contributed by atoms with E-state index in [1.54, 1.807) is 11.0 Å². The van der Waals surface area contributed by atoms with Crippen LogP contribution in [0, 0.1) is 0 Å². The van der Waals surface area contributed by atoms with E-state index in [1.165, 1.54) is 7.11 Å². The van der Waals surface area contributed by atoms with Gasteiger partial charge >= 0.3 is 6.18 Å². The zero-order valence-corrected chi connectivity index (χ0v) is 16.5. The largest absolute Gasteiger partial charge is 0.433 e. The van der Waals surface area contributed by atoms with Crippen molar-refractivity contribution in [3.8, 4) is 0 Å². The normalized spacial score (nSPS) is 18.7. The average Bonchev–Trinajstić information content (AvgIpc) is 3.04. The number of carbonyl (C=O) groups is 1. The summed E-state index contributed by atoms with van der Waals surface area (Å²) in [5.41, 5.74) is -0.179. The molecule has 9 heteroatoms. The summed E-state index contributed by atoms with van der Waals surface area (Å²) in [4.78, 5) is 18.2. The lowest BCUT2D eigenvalue weighted by molar-refractivity contribution is -0.143. The molecular formula is C19H25F3N4O2. The third kappa shape index (κ3) is 4.14. The van der Waals surface area contributed by atoms with Crippen LogP contribution >= 0.6 is 0 Å². The second kappa shape index (κ2) is 7.35. The zero-order chi connectivity index (χ0) is 20.7. The highest BCUT2D eigenvalue weighted by atomic mass is 19.4. The van der Waals surface area contributed by atoms with Crippen LogP contribution in [0.2, 0.25) is 0 Å². The lowest BCUT2D eigenvalue weighted by Crippen LogP contribution is -2.41. The van der Waals surface area contributed by atoms with E-state index in [1.807, 2.05) is 20.8 Å². The number of likely N-dealkylation sites (tertiary alicyclic amines) is 1. The number of piperidine rings is 1. The van der Waals surface area contributed by atoms with Crippen molar-refractivity contribution in [1.29, 1.82) is 0 Å². The molecule has 6 nitrogen and oxygen atoms in total. The molecule has 28 heavy (non-hydrogen) atoms. The minimum absolute atomic E-state index is 0.0372. The summed E-state index contributed by atoms with van der Waals surface area (Å²) in [5, 5.41) is 4.16. The van der Waals surface area contributed by atoms with Crippen LogP contribution in [0.15, 0.2) is 12.1 Å². The number of hydrogen-bond donors (Lipinski definition) is 0. The maximum atomic E-state index is 13.7. The molecule has 0 aromatic carbocycles. The fraction of sp³-hybridized carbons (Fsp3) is 0.632. The van der Waals surface area contributed by atoms with E-state index in [0.29, 0.717) is 37.3 Å². The Morgan fingerprint density at radius 3 is 2.61 bits per heavy atom. The van der Waals surface area contributed by atoms with E-state index in [4.69, 9.17) is 4.74 Å². The minimum atomic E-state index is -4.56. The second-order valence-electron chi connectivity index (χ2n) is 8.23. The van der Waals surface area contributed by atoms with Crippen LogP contribution in [0.25, 0.3) is 5.65 Å². The van der Waals surface area contributed by atoms with Crippen molar-refractivity contribution in [2.45, 2.75) is 51.1 Å².